The van der Waals surface area contributed by atoms with E-state index in [0.717, 1.165) is 54.3 Å². The highest BCUT2D eigenvalue weighted by Gasteiger charge is 2.39. The fraction of sp³-hybridized carbons (Fsp3) is 0.353. The number of carbonyl (C=O) groups is 2. The van der Waals surface area contributed by atoms with Crippen molar-refractivity contribution in [1.29, 1.82) is 0 Å². The molecule has 3 atom stereocenters. The average Bonchev–Trinajstić information content (AvgIpc) is 3.58. The summed E-state index contributed by atoms with van der Waals surface area (Å²) in [6.07, 6.45) is 4.11. The Morgan fingerprint density at radius 3 is 2.44 bits per heavy atom. The first-order valence-corrected chi connectivity index (χ1v) is 15.1. The molecule has 2 N–H and O–H groups in total. The summed E-state index contributed by atoms with van der Waals surface area (Å²) >= 11 is 0. The van der Waals surface area contributed by atoms with Crippen LogP contribution in [0.15, 0.2) is 67.0 Å². The SMILES string of the molecule is COc1cc2c(Oc3ccc(N(CCc4ccccc4)C(=O)C(N)=O)cc3F)ncnc2cc1OCC1CC2CN(C)C[C@@H]2C1. The lowest BCUT2D eigenvalue weighted by molar-refractivity contribution is -0.135. The third-order valence-corrected chi connectivity index (χ3v) is 8.75. The summed E-state index contributed by atoms with van der Waals surface area (Å²) < 4.78 is 33.2. The summed E-state index contributed by atoms with van der Waals surface area (Å²) in [6, 6.07) is 17.0. The number of amides is 2. The van der Waals surface area contributed by atoms with Crippen molar-refractivity contribution >= 4 is 28.4 Å². The Labute approximate surface area is 260 Å². The number of ether oxygens (including phenoxy) is 3. The van der Waals surface area contributed by atoms with Gasteiger partial charge in [0.25, 0.3) is 0 Å². The van der Waals surface area contributed by atoms with Gasteiger partial charge in [0, 0.05) is 37.5 Å². The molecule has 2 fully saturated rings. The van der Waals surface area contributed by atoms with Crippen molar-refractivity contribution in [2.45, 2.75) is 19.3 Å². The van der Waals surface area contributed by atoms with Crippen molar-refractivity contribution in [3.8, 4) is 23.1 Å². The van der Waals surface area contributed by atoms with Gasteiger partial charge in [-0.15, -0.1) is 0 Å². The third kappa shape index (κ3) is 6.68. The Morgan fingerprint density at radius 1 is 1.00 bits per heavy atom. The first-order valence-electron chi connectivity index (χ1n) is 15.1. The highest BCUT2D eigenvalue weighted by atomic mass is 19.1. The fourth-order valence-electron chi connectivity index (χ4n) is 6.61. The van der Waals surface area contributed by atoms with Gasteiger partial charge in [-0.2, -0.15) is 0 Å². The number of likely N-dealkylation sites (tertiary alicyclic amines) is 1. The molecule has 4 aromatic rings. The van der Waals surface area contributed by atoms with E-state index < -0.39 is 17.6 Å². The summed E-state index contributed by atoms with van der Waals surface area (Å²) in [5.41, 5.74) is 6.97. The summed E-state index contributed by atoms with van der Waals surface area (Å²) in [5, 5.41) is 0.511. The van der Waals surface area contributed by atoms with Gasteiger partial charge in [0.15, 0.2) is 23.1 Å². The number of primary amides is 1. The van der Waals surface area contributed by atoms with E-state index in [9.17, 15) is 9.59 Å². The average molecular weight is 614 g/mol. The molecular weight excluding hydrogens is 577 g/mol. The molecule has 1 aliphatic carbocycles. The number of hydrogen-bond acceptors (Lipinski definition) is 8. The van der Waals surface area contributed by atoms with E-state index >= 15 is 4.39 Å². The summed E-state index contributed by atoms with van der Waals surface area (Å²) in [5.74, 6) is 0.237. The second-order valence-electron chi connectivity index (χ2n) is 11.9. The quantitative estimate of drug-likeness (QED) is 0.258. The number of anilines is 1. The molecule has 2 aliphatic rings. The van der Waals surface area contributed by atoms with E-state index in [-0.39, 0.29) is 23.9 Å². The van der Waals surface area contributed by atoms with Crippen LogP contribution in [0.25, 0.3) is 10.9 Å². The van der Waals surface area contributed by atoms with Gasteiger partial charge in [-0.25, -0.2) is 14.4 Å². The van der Waals surface area contributed by atoms with E-state index in [1.807, 2.05) is 30.3 Å². The molecule has 234 valence electrons. The number of nitrogens with zero attached hydrogens (tertiary/aromatic N) is 4. The Morgan fingerprint density at radius 2 is 1.76 bits per heavy atom. The zero-order valence-electron chi connectivity index (χ0n) is 25.3. The molecule has 2 unspecified atom stereocenters. The molecule has 0 radical (unpaired) electrons. The van der Waals surface area contributed by atoms with Crippen molar-refractivity contribution in [3.63, 3.8) is 0 Å². The standard InChI is InChI=1S/C34H36FN5O5/c1-39-17-23-12-22(13-24(23)18-39)19-44-31-16-28-26(15-30(31)43-2)33(38-20-37-28)45-29-9-8-25(14-27(29)35)40(34(42)32(36)41)11-10-21-6-4-3-5-7-21/h3-9,14-16,20,22-24H,10-13,17-19H2,1-2H3,(H2,36,41)/t22?,23-,24?/m0/s1. The van der Waals surface area contributed by atoms with Crippen LogP contribution in [0, 0.1) is 23.6 Å². The largest absolute Gasteiger partial charge is 0.493 e. The van der Waals surface area contributed by atoms with Gasteiger partial charge in [-0.1, -0.05) is 30.3 Å². The summed E-state index contributed by atoms with van der Waals surface area (Å²) in [6.45, 7) is 3.04. The molecule has 3 aromatic carbocycles. The second kappa shape index (κ2) is 13.1. The van der Waals surface area contributed by atoms with Crippen molar-refractivity contribution in [3.05, 3.63) is 78.4 Å². The van der Waals surface area contributed by atoms with Crippen LogP contribution >= 0.6 is 0 Å². The normalized spacial score (nSPS) is 19.3. The molecular formula is C34H36FN5O5. The number of benzene rings is 3. The molecule has 2 amide bonds. The number of halogens is 1. The minimum absolute atomic E-state index is 0.120. The van der Waals surface area contributed by atoms with Crippen LogP contribution in [0.1, 0.15) is 18.4 Å². The van der Waals surface area contributed by atoms with Crippen LogP contribution in [0.4, 0.5) is 10.1 Å². The van der Waals surface area contributed by atoms with Crippen LogP contribution < -0.4 is 24.8 Å². The zero-order valence-corrected chi connectivity index (χ0v) is 25.3. The van der Waals surface area contributed by atoms with Crippen molar-refractivity contribution in [2.24, 2.45) is 23.5 Å². The lowest BCUT2D eigenvalue weighted by atomic mass is 10.0. The maximum Gasteiger partial charge on any atom is 0.316 e. The molecule has 2 heterocycles. The lowest BCUT2D eigenvalue weighted by Gasteiger charge is -2.22. The summed E-state index contributed by atoms with van der Waals surface area (Å²) in [7, 11) is 3.74. The number of fused-ring (bicyclic) bond motifs is 2. The smallest absolute Gasteiger partial charge is 0.316 e. The monoisotopic (exact) mass is 613 g/mol. The molecule has 1 saturated carbocycles. The van der Waals surface area contributed by atoms with E-state index in [1.165, 1.54) is 18.5 Å². The highest BCUT2D eigenvalue weighted by Crippen LogP contribution is 2.42. The van der Waals surface area contributed by atoms with Gasteiger partial charge >= 0.3 is 11.8 Å². The topological polar surface area (TPSA) is 120 Å². The summed E-state index contributed by atoms with van der Waals surface area (Å²) in [4.78, 5) is 36.6. The molecule has 0 spiro atoms. The third-order valence-electron chi connectivity index (χ3n) is 8.75. The van der Waals surface area contributed by atoms with E-state index in [4.69, 9.17) is 19.9 Å². The number of rotatable bonds is 10. The maximum atomic E-state index is 15.4. The van der Waals surface area contributed by atoms with E-state index in [2.05, 4.69) is 21.9 Å². The van der Waals surface area contributed by atoms with Crippen LogP contribution in [0.3, 0.4) is 0 Å². The predicted octanol–water partition coefficient (Wildman–Crippen LogP) is 4.60. The maximum absolute atomic E-state index is 15.4. The van der Waals surface area contributed by atoms with Crippen LogP contribution in [-0.4, -0.2) is 67.1 Å². The number of methoxy groups -OCH3 is 1. The number of aromatic nitrogens is 2. The van der Waals surface area contributed by atoms with Gasteiger partial charge in [-0.3, -0.25) is 9.59 Å². The van der Waals surface area contributed by atoms with Gasteiger partial charge in [0.2, 0.25) is 5.88 Å². The van der Waals surface area contributed by atoms with Crippen molar-refractivity contribution in [1.82, 2.24) is 14.9 Å². The Bertz CT molecular complexity index is 1690. The lowest BCUT2D eigenvalue weighted by Crippen LogP contribution is -2.41. The van der Waals surface area contributed by atoms with Gasteiger partial charge in [0.05, 0.1) is 24.6 Å². The molecule has 10 nitrogen and oxygen atoms in total. The van der Waals surface area contributed by atoms with Crippen LogP contribution in [-0.2, 0) is 16.0 Å². The molecule has 1 aliphatic heterocycles. The molecule has 1 aromatic heterocycles. The van der Waals surface area contributed by atoms with E-state index in [1.54, 1.807) is 19.2 Å². The minimum atomic E-state index is -1.13. The molecule has 6 rings (SSSR count). The minimum Gasteiger partial charge on any atom is -0.493 e. The van der Waals surface area contributed by atoms with Gasteiger partial charge < -0.3 is 29.7 Å². The van der Waals surface area contributed by atoms with Gasteiger partial charge in [-0.05, 0) is 67.8 Å². The molecule has 11 heteroatoms. The molecule has 45 heavy (non-hydrogen) atoms. The number of hydrogen-bond donors (Lipinski definition) is 1. The van der Waals surface area contributed by atoms with E-state index in [0.29, 0.717) is 41.3 Å². The first-order chi connectivity index (χ1) is 21.8. The Balaban J connectivity index is 1.19. The molecule has 1 saturated heterocycles. The van der Waals surface area contributed by atoms with Crippen LogP contribution in [0.2, 0.25) is 0 Å². The molecule has 0 bridgehead atoms. The second-order valence-corrected chi connectivity index (χ2v) is 11.9. The Hall–Kier alpha value is -4.77. The highest BCUT2D eigenvalue weighted by molar-refractivity contribution is 6.39. The number of carbonyl (C=O) groups excluding carboxylic acids is 2. The van der Waals surface area contributed by atoms with Crippen molar-refractivity contribution in [2.75, 3.05) is 45.3 Å². The van der Waals surface area contributed by atoms with Crippen LogP contribution in [0.5, 0.6) is 23.1 Å². The van der Waals surface area contributed by atoms with Crippen molar-refractivity contribution < 1.29 is 28.2 Å². The number of nitrogens with two attached hydrogens (primary N) is 1. The first kappa shape index (κ1) is 30.3. The fourth-order valence-corrected chi connectivity index (χ4v) is 6.61. The predicted molar refractivity (Wildman–Crippen MR) is 167 cm³/mol. The Kier molecular flexibility index (Phi) is 8.79. The van der Waals surface area contributed by atoms with Gasteiger partial charge in [0.1, 0.15) is 6.33 Å². The zero-order chi connectivity index (χ0) is 31.5.